The zero-order valence-electron chi connectivity index (χ0n) is 13.2. The molecule has 21 heavy (non-hydrogen) atoms. The molecular formula is C17H20N4. The van der Waals surface area contributed by atoms with Crippen LogP contribution in [0.4, 0.5) is 0 Å². The average Bonchev–Trinajstić information content (AvgIpc) is 2.42. The van der Waals surface area contributed by atoms with Crippen LogP contribution in [0.2, 0.25) is 0 Å². The van der Waals surface area contributed by atoms with Crippen LogP contribution in [0.5, 0.6) is 0 Å². The lowest BCUT2D eigenvalue weighted by Crippen LogP contribution is -2.15. The monoisotopic (exact) mass is 280 g/mol. The zero-order valence-corrected chi connectivity index (χ0v) is 13.2. The summed E-state index contributed by atoms with van der Waals surface area (Å²) in [6, 6.07) is 0. The van der Waals surface area contributed by atoms with Gasteiger partial charge in [0.15, 0.2) is 0 Å². The molecule has 0 aliphatic carbocycles. The largest absolute Gasteiger partial charge is 0.253 e. The van der Waals surface area contributed by atoms with E-state index in [1.54, 1.807) is 24.8 Å². The Kier molecular flexibility index (Phi) is 3.12. The Morgan fingerprint density at radius 1 is 0.714 bits per heavy atom. The maximum absolute atomic E-state index is 4.61. The van der Waals surface area contributed by atoms with Crippen molar-refractivity contribution in [1.82, 2.24) is 19.9 Å². The van der Waals surface area contributed by atoms with Gasteiger partial charge in [0.05, 0.1) is 22.1 Å². The molecule has 0 N–H and O–H groups in total. The summed E-state index contributed by atoms with van der Waals surface area (Å²) in [6.07, 6.45) is 7.01. The third-order valence-electron chi connectivity index (χ3n) is 3.71. The first-order valence-electron chi connectivity index (χ1n) is 7.29. The van der Waals surface area contributed by atoms with Gasteiger partial charge in [-0.3, -0.25) is 19.9 Å². The van der Waals surface area contributed by atoms with Gasteiger partial charge in [0.1, 0.15) is 0 Å². The van der Waals surface area contributed by atoms with Gasteiger partial charge < -0.3 is 0 Å². The lowest BCUT2D eigenvalue weighted by Gasteiger charge is -2.24. The van der Waals surface area contributed by atoms with Crippen molar-refractivity contribution >= 4 is 22.1 Å². The summed E-state index contributed by atoms with van der Waals surface area (Å²) < 4.78 is 0. The van der Waals surface area contributed by atoms with Crippen molar-refractivity contribution < 1.29 is 0 Å². The molecule has 0 aliphatic heterocycles. The van der Waals surface area contributed by atoms with Gasteiger partial charge in [-0.05, 0) is 11.3 Å². The van der Waals surface area contributed by atoms with Gasteiger partial charge >= 0.3 is 0 Å². The van der Waals surface area contributed by atoms with Crippen molar-refractivity contribution in [3.8, 4) is 0 Å². The summed E-state index contributed by atoms with van der Waals surface area (Å²) in [7, 11) is 0. The maximum Gasteiger partial charge on any atom is 0.0950 e. The predicted molar refractivity (Wildman–Crippen MR) is 85.4 cm³/mol. The van der Waals surface area contributed by atoms with E-state index < -0.39 is 0 Å². The minimum atomic E-state index is -0.0714. The van der Waals surface area contributed by atoms with Crippen molar-refractivity contribution in [3.63, 3.8) is 0 Å². The normalized spacial score (nSPS) is 12.5. The average molecular weight is 280 g/mol. The number of aromatic nitrogens is 4. The van der Waals surface area contributed by atoms with Gasteiger partial charge in [-0.2, -0.15) is 0 Å². The standard InChI is InChI=1S/C17H20N4/c1-10(2)11-13-15(20-8-6-18-13)12(17(3,4)5)16-14(11)19-7-9-21-16/h6-10H,1-5H3. The highest BCUT2D eigenvalue weighted by atomic mass is 14.8. The number of hydrogen-bond acceptors (Lipinski definition) is 4. The first-order chi connectivity index (χ1) is 9.91. The molecule has 1 aromatic carbocycles. The topological polar surface area (TPSA) is 51.6 Å². The minimum absolute atomic E-state index is 0.0714. The van der Waals surface area contributed by atoms with Crippen molar-refractivity contribution in [3.05, 3.63) is 35.9 Å². The van der Waals surface area contributed by atoms with Crippen LogP contribution in [-0.4, -0.2) is 19.9 Å². The van der Waals surface area contributed by atoms with Crippen LogP contribution in [-0.2, 0) is 5.41 Å². The van der Waals surface area contributed by atoms with E-state index in [1.165, 1.54) is 0 Å². The smallest absolute Gasteiger partial charge is 0.0950 e. The first-order valence-corrected chi connectivity index (χ1v) is 7.29. The number of benzene rings is 1. The van der Waals surface area contributed by atoms with E-state index >= 15 is 0 Å². The fourth-order valence-electron chi connectivity index (χ4n) is 2.92. The van der Waals surface area contributed by atoms with Gasteiger partial charge in [0.25, 0.3) is 0 Å². The number of hydrogen-bond donors (Lipinski definition) is 0. The highest BCUT2D eigenvalue weighted by molar-refractivity contribution is 6.00. The van der Waals surface area contributed by atoms with E-state index in [4.69, 9.17) is 0 Å². The highest BCUT2D eigenvalue weighted by Gasteiger charge is 2.26. The summed E-state index contributed by atoms with van der Waals surface area (Å²) in [4.78, 5) is 18.4. The molecule has 0 saturated heterocycles. The van der Waals surface area contributed by atoms with Crippen LogP contribution in [0.3, 0.4) is 0 Å². The Morgan fingerprint density at radius 3 is 1.43 bits per heavy atom. The molecule has 0 atom stereocenters. The Hall–Kier alpha value is -2.10. The Labute approximate surface area is 124 Å². The van der Waals surface area contributed by atoms with Crippen LogP contribution >= 0.6 is 0 Å². The van der Waals surface area contributed by atoms with Gasteiger partial charge in [-0.1, -0.05) is 34.6 Å². The van der Waals surface area contributed by atoms with Crippen molar-refractivity contribution in [2.45, 2.75) is 46.0 Å². The predicted octanol–water partition coefficient (Wildman–Crippen LogP) is 3.99. The SMILES string of the molecule is CC(C)c1c2nccnc2c(C(C)(C)C)c2nccnc12. The Morgan fingerprint density at radius 2 is 1.10 bits per heavy atom. The molecule has 0 bridgehead atoms. The zero-order chi connectivity index (χ0) is 15.2. The van der Waals surface area contributed by atoms with Crippen molar-refractivity contribution in [2.24, 2.45) is 0 Å². The third kappa shape index (κ3) is 2.15. The third-order valence-corrected chi connectivity index (χ3v) is 3.71. The molecule has 0 radical (unpaired) electrons. The van der Waals surface area contributed by atoms with Crippen molar-refractivity contribution in [1.29, 1.82) is 0 Å². The van der Waals surface area contributed by atoms with E-state index in [2.05, 4.69) is 54.6 Å². The van der Waals surface area contributed by atoms with Gasteiger partial charge in [-0.25, -0.2) is 0 Å². The molecule has 0 fully saturated rings. The summed E-state index contributed by atoms with van der Waals surface area (Å²) in [5, 5.41) is 0. The van der Waals surface area contributed by atoms with Crippen LogP contribution in [0.25, 0.3) is 22.1 Å². The maximum atomic E-state index is 4.61. The molecule has 4 heteroatoms. The second-order valence-electron chi connectivity index (χ2n) is 6.70. The number of nitrogens with zero attached hydrogens (tertiary/aromatic N) is 4. The molecule has 2 aromatic heterocycles. The van der Waals surface area contributed by atoms with Crippen LogP contribution in [0.1, 0.15) is 51.7 Å². The molecule has 0 aliphatic rings. The fraction of sp³-hybridized carbons (Fsp3) is 0.412. The fourth-order valence-corrected chi connectivity index (χ4v) is 2.92. The second-order valence-corrected chi connectivity index (χ2v) is 6.70. The van der Waals surface area contributed by atoms with E-state index in [0.717, 1.165) is 33.2 Å². The molecule has 0 saturated carbocycles. The summed E-state index contributed by atoms with van der Waals surface area (Å²) >= 11 is 0. The van der Waals surface area contributed by atoms with Gasteiger partial charge in [-0.15, -0.1) is 0 Å². The van der Waals surface area contributed by atoms with Crippen LogP contribution in [0, 0.1) is 0 Å². The van der Waals surface area contributed by atoms with E-state index in [1.807, 2.05) is 0 Å². The van der Waals surface area contributed by atoms with E-state index in [9.17, 15) is 0 Å². The molecule has 0 unspecified atom stereocenters. The minimum Gasteiger partial charge on any atom is -0.253 e. The second kappa shape index (κ2) is 4.72. The van der Waals surface area contributed by atoms with E-state index in [-0.39, 0.29) is 5.41 Å². The molecule has 0 amide bonds. The molecule has 3 rings (SSSR count). The van der Waals surface area contributed by atoms with Gasteiger partial charge in [0.2, 0.25) is 0 Å². The molecule has 2 heterocycles. The molecule has 108 valence electrons. The molecular weight excluding hydrogens is 260 g/mol. The quantitative estimate of drug-likeness (QED) is 0.632. The van der Waals surface area contributed by atoms with Gasteiger partial charge in [0, 0.05) is 35.9 Å². The number of rotatable bonds is 1. The summed E-state index contributed by atoms with van der Waals surface area (Å²) in [6.45, 7) is 10.9. The van der Waals surface area contributed by atoms with Crippen LogP contribution < -0.4 is 0 Å². The molecule has 3 aromatic rings. The van der Waals surface area contributed by atoms with Crippen LogP contribution in [0.15, 0.2) is 24.8 Å². The lowest BCUT2D eigenvalue weighted by atomic mass is 9.82. The van der Waals surface area contributed by atoms with Crippen molar-refractivity contribution in [2.75, 3.05) is 0 Å². The first kappa shape index (κ1) is 13.9. The highest BCUT2D eigenvalue weighted by Crippen LogP contribution is 2.38. The number of fused-ring (bicyclic) bond motifs is 2. The summed E-state index contributed by atoms with van der Waals surface area (Å²) in [5.41, 5.74) is 5.98. The summed E-state index contributed by atoms with van der Waals surface area (Å²) in [5.74, 6) is 0.317. The Bertz CT molecular complexity index is 759. The molecule has 0 spiro atoms. The Balaban J connectivity index is 2.64. The van der Waals surface area contributed by atoms with E-state index in [0.29, 0.717) is 5.92 Å². The molecule has 4 nitrogen and oxygen atoms in total. The lowest BCUT2D eigenvalue weighted by molar-refractivity contribution is 0.598.